The summed E-state index contributed by atoms with van der Waals surface area (Å²) in [5.41, 5.74) is 4.48. The molecule has 8 nitrogen and oxygen atoms in total. The quantitative estimate of drug-likeness (QED) is 0.237. The maximum absolute atomic E-state index is 12.3. The number of benzene rings is 2. The lowest BCUT2D eigenvalue weighted by atomic mass is 9.90. The molecule has 38 heavy (non-hydrogen) atoms. The lowest BCUT2D eigenvalue weighted by Gasteiger charge is -2.37. The van der Waals surface area contributed by atoms with Crippen LogP contribution in [0.2, 0.25) is 0 Å². The predicted octanol–water partition coefficient (Wildman–Crippen LogP) is 6.04. The highest BCUT2D eigenvalue weighted by molar-refractivity contribution is 7.92. The number of hydrogen-bond acceptors (Lipinski definition) is 7. The number of aromatic nitrogens is 2. The van der Waals surface area contributed by atoms with Crippen LogP contribution in [-0.4, -0.2) is 37.2 Å². The Morgan fingerprint density at radius 3 is 2.58 bits per heavy atom. The number of sulfonamides is 1. The van der Waals surface area contributed by atoms with Crippen molar-refractivity contribution in [1.29, 1.82) is 5.26 Å². The summed E-state index contributed by atoms with van der Waals surface area (Å²) in [6, 6.07) is 15.9. The van der Waals surface area contributed by atoms with Crippen LogP contribution in [0, 0.1) is 11.3 Å². The van der Waals surface area contributed by atoms with Crippen LogP contribution in [0.4, 0.5) is 11.4 Å². The minimum atomic E-state index is -3.39. The van der Waals surface area contributed by atoms with E-state index in [0.29, 0.717) is 35.9 Å². The molecule has 1 fully saturated rings. The first-order chi connectivity index (χ1) is 18.3. The maximum Gasteiger partial charge on any atom is 0.321 e. The van der Waals surface area contributed by atoms with Gasteiger partial charge in [-0.3, -0.25) is 4.72 Å². The van der Waals surface area contributed by atoms with Crippen LogP contribution in [-0.2, 0) is 16.4 Å². The van der Waals surface area contributed by atoms with Gasteiger partial charge in [0.25, 0.3) is 0 Å². The number of ether oxygens (including phenoxy) is 1. The molecule has 9 heteroatoms. The summed E-state index contributed by atoms with van der Waals surface area (Å²) in [6.45, 7) is 3.81. The number of allylic oxidation sites excluding steroid dienone is 1. The Balaban J connectivity index is 1.70. The van der Waals surface area contributed by atoms with Gasteiger partial charge in [-0.2, -0.15) is 5.26 Å². The van der Waals surface area contributed by atoms with E-state index in [2.05, 4.69) is 25.7 Å². The van der Waals surface area contributed by atoms with Gasteiger partial charge in [0.2, 0.25) is 10.0 Å². The fraction of sp³-hybridized carbons (Fsp3) is 0.345. The van der Waals surface area contributed by atoms with Crippen molar-refractivity contribution in [3.63, 3.8) is 0 Å². The molecule has 1 heterocycles. The minimum absolute atomic E-state index is 0.0732. The maximum atomic E-state index is 12.3. The predicted molar refractivity (Wildman–Crippen MR) is 152 cm³/mol. The number of nitrogens with one attached hydrogen (secondary N) is 1. The van der Waals surface area contributed by atoms with Crippen LogP contribution in [0.25, 0.3) is 11.6 Å². The van der Waals surface area contributed by atoms with Gasteiger partial charge in [-0.15, -0.1) is 0 Å². The third kappa shape index (κ3) is 6.50. The molecule has 198 valence electrons. The van der Waals surface area contributed by atoms with Gasteiger partial charge in [-0.25, -0.2) is 18.4 Å². The number of aryl methyl sites for hydroxylation is 1. The highest BCUT2D eigenvalue weighted by atomic mass is 32.2. The highest BCUT2D eigenvalue weighted by Crippen LogP contribution is 2.37. The first kappa shape index (κ1) is 27.1. The molecule has 4 rings (SSSR count). The molecule has 3 aromatic rings. The van der Waals surface area contributed by atoms with Crippen molar-refractivity contribution in [3.8, 4) is 17.8 Å². The van der Waals surface area contributed by atoms with Crippen molar-refractivity contribution < 1.29 is 13.2 Å². The van der Waals surface area contributed by atoms with Crippen LogP contribution in [0.3, 0.4) is 0 Å². The highest BCUT2D eigenvalue weighted by Gasteiger charge is 2.25. The normalized spacial score (nSPS) is 13.9. The Morgan fingerprint density at radius 2 is 1.95 bits per heavy atom. The first-order valence-corrected chi connectivity index (χ1v) is 14.6. The molecule has 1 N–H and O–H groups in total. The van der Waals surface area contributed by atoms with Gasteiger partial charge in [-0.1, -0.05) is 19.9 Å². The Bertz CT molecular complexity index is 1440. The zero-order chi connectivity index (χ0) is 27.1. The van der Waals surface area contributed by atoms with Gasteiger partial charge < -0.3 is 9.64 Å². The van der Waals surface area contributed by atoms with Gasteiger partial charge in [-0.05, 0) is 79.6 Å². The van der Waals surface area contributed by atoms with Gasteiger partial charge in [0.05, 0.1) is 23.1 Å². The average molecular weight is 532 g/mol. The Labute approximate surface area is 225 Å². The Hall–Kier alpha value is -3.90. The van der Waals surface area contributed by atoms with E-state index in [1.165, 1.54) is 6.42 Å². The van der Waals surface area contributed by atoms with Crippen LogP contribution in [0.15, 0.2) is 54.9 Å². The van der Waals surface area contributed by atoms with E-state index in [-0.39, 0.29) is 11.8 Å². The summed E-state index contributed by atoms with van der Waals surface area (Å²) < 4.78 is 33.2. The van der Waals surface area contributed by atoms with Gasteiger partial charge in [0, 0.05) is 42.8 Å². The van der Waals surface area contributed by atoms with Crippen LogP contribution in [0.5, 0.6) is 11.8 Å². The number of nitrogens with zero attached hydrogens (tertiary/aromatic N) is 4. The molecule has 0 unspecified atom stereocenters. The molecule has 1 saturated carbocycles. The van der Waals surface area contributed by atoms with E-state index in [9.17, 15) is 13.7 Å². The summed E-state index contributed by atoms with van der Waals surface area (Å²) in [4.78, 5) is 10.5. The second-order valence-electron chi connectivity index (χ2n) is 9.37. The molecule has 0 bridgehead atoms. The molecule has 0 saturated heterocycles. The molecule has 1 aliphatic carbocycles. The summed E-state index contributed by atoms with van der Waals surface area (Å²) in [6.07, 6.45) is 9.68. The lowest BCUT2D eigenvalue weighted by Crippen LogP contribution is -2.37. The lowest BCUT2D eigenvalue weighted by molar-refractivity contribution is 0.400. The fourth-order valence-corrected chi connectivity index (χ4v) is 5.60. The summed E-state index contributed by atoms with van der Waals surface area (Å²) >= 11 is 0. The van der Waals surface area contributed by atoms with Crippen LogP contribution < -0.4 is 14.4 Å². The second-order valence-corrected chi connectivity index (χ2v) is 11.2. The van der Waals surface area contributed by atoms with Gasteiger partial charge in [0.15, 0.2) is 0 Å². The number of hydrogen-bond donors (Lipinski definition) is 1. The van der Waals surface area contributed by atoms with Crippen molar-refractivity contribution in [2.75, 3.05) is 22.4 Å². The minimum Gasteiger partial charge on any atom is -0.424 e. The third-order valence-corrected chi connectivity index (χ3v) is 8.17. The second kappa shape index (κ2) is 12.1. The molecule has 0 amide bonds. The molecule has 0 spiro atoms. The topological polar surface area (TPSA) is 108 Å². The van der Waals surface area contributed by atoms with Crippen molar-refractivity contribution in [2.45, 2.75) is 52.0 Å². The monoisotopic (exact) mass is 531 g/mol. The summed E-state index contributed by atoms with van der Waals surface area (Å²) in [7, 11) is -1.34. The molecular weight excluding hydrogens is 498 g/mol. The summed E-state index contributed by atoms with van der Waals surface area (Å²) in [5.74, 6) is 0.666. The smallest absolute Gasteiger partial charge is 0.321 e. The molecule has 1 aliphatic rings. The molecule has 0 aliphatic heterocycles. The van der Waals surface area contributed by atoms with E-state index in [0.717, 1.165) is 35.2 Å². The largest absolute Gasteiger partial charge is 0.424 e. The average Bonchev–Trinajstić information content (AvgIpc) is 2.87. The van der Waals surface area contributed by atoms with Crippen LogP contribution in [0.1, 0.15) is 56.2 Å². The van der Waals surface area contributed by atoms with Crippen molar-refractivity contribution in [2.24, 2.45) is 0 Å². The fourth-order valence-electron chi connectivity index (χ4n) is 4.43. The van der Waals surface area contributed by atoms with E-state index < -0.39 is 10.0 Å². The molecule has 0 radical (unpaired) electrons. The van der Waals surface area contributed by atoms with Gasteiger partial charge in [0.1, 0.15) is 5.75 Å². The third-order valence-electron chi connectivity index (χ3n) is 6.69. The zero-order valence-electron chi connectivity index (χ0n) is 22.0. The summed E-state index contributed by atoms with van der Waals surface area (Å²) in [5, 5.41) is 10.2. The number of anilines is 2. The Morgan fingerprint density at radius 1 is 1.18 bits per heavy atom. The first-order valence-electron chi connectivity index (χ1n) is 12.9. The SMILES string of the molecule is CCCS(=O)(=O)Nc1ccc(/C=C(\C#N)c2ccc(Oc3ncccn3)cc2N(C)C2CCC2)cc1CC. The van der Waals surface area contributed by atoms with Gasteiger partial charge >= 0.3 is 6.01 Å². The zero-order valence-corrected chi connectivity index (χ0v) is 22.8. The number of nitriles is 1. The van der Waals surface area contributed by atoms with Crippen molar-refractivity contribution >= 4 is 33.0 Å². The van der Waals surface area contributed by atoms with E-state index in [4.69, 9.17) is 4.74 Å². The molecule has 1 aromatic heterocycles. The van der Waals surface area contributed by atoms with E-state index in [1.54, 1.807) is 24.5 Å². The van der Waals surface area contributed by atoms with Crippen LogP contribution >= 0.6 is 0 Å². The standard InChI is InChI=1S/C29H33N5O3S/c1-4-16-38(35,36)33-27-13-10-21(17-22(27)5-2)18-23(20-30)26-12-11-25(37-29-31-14-7-15-32-29)19-28(26)34(3)24-8-6-9-24/h7,10-15,17-19,24,33H,4-6,8-9,16H2,1-3H3/b23-18+. The van der Waals surface area contributed by atoms with E-state index in [1.807, 2.05) is 57.3 Å². The molecule has 0 atom stereocenters. The van der Waals surface area contributed by atoms with E-state index >= 15 is 0 Å². The molecule has 2 aromatic carbocycles. The number of rotatable bonds is 11. The Kier molecular flexibility index (Phi) is 8.64. The van der Waals surface area contributed by atoms with Crippen molar-refractivity contribution in [3.05, 3.63) is 71.5 Å². The molecular formula is C29H33N5O3S. The van der Waals surface area contributed by atoms with Crippen molar-refractivity contribution in [1.82, 2.24) is 9.97 Å².